The van der Waals surface area contributed by atoms with Crippen LogP contribution >= 0.6 is 0 Å². The molecule has 0 radical (unpaired) electrons. The van der Waals surface area contributed by atoms with Crippen molar-refractivity contribution < 1.29 is 0 Å². The summed E-state index contributed by atoms with van der Waals surface area (Å²) >= 11 is 0. The first-order chi connectivity index (χ1) is 17.2. The molecule has 3 heterocycles. The van der Waals surface area contributed by atoms with Crippen LogP contribution in [0.2, 0.25) is 0 Å². The molecule has 8 rings (SSSR count). The maximum Gasteiger partial charge on any atom is 0.145 e. The Bertz CT molecular complexity index is 1790. The van der Waals surface area contributed by atoms with Crippen molar-refractivity contribution in [2.45, 2.75) is 25.2 Å². The minimum atomic E-state index is -0.359. The van der Waals surface area contributed by atoms with Crippen molar-refractivity contribution >= 4 is 21.9 Å². The molecule has 0 unspecified atom stereocenters. The largest absolute Gasteiger partial charge is 0.293 e. The Kier molecular flexibility index (Phi) is 3.55. The smallest absolute Gasteiger partial charge is 0.145 e. The van der Waals surface area contributed by atoms with Crippen LogP contribution in [0.25, 0.3) is 38.8 Å². The van der Waals surface area contributed by atoms with E-state index in [0.29, 0.717) is 5.92 Å². The zero-order valence-corrected chi connectivity index (χ0v) is 19.8. The minimum absolute atomic E-state index is 0.359. The van der Waals surface area contributed by atoms with Gasteiger partial charge < -0.3 is 0 Å². The summed E-state index contributed by atoms with van der Waals surface area (Å²) in [7, 11) is 0. The fraction of sp³-hybridized carbons (Fsp3) is 0.121. The highest BCUT2D eigenvalue weighted by Crippen LogP contribution is 2.60. The number of fused-ring (bicyclic) bond motifs is 12. The van der Waals surface area contributed by atoms with Crippen molar-refractivity contribution in [3.63, 3.8) is 0 Å². The molecule has 2 aliphatic rings. The van der Waals surface area contributed by atoms with Crippen LogP contribution in [0.4, 0.5) is 0 Å². The van der Waals surface area contributed by atoms with E-state index in [4.69, 9.17) is 4.98 Å². The fourth-order valence-corrected chi connectivity index (χ4v) is 6.80. The van der Waals surface area contributed by atoms with Gasteiger partial charge in [0.05, 0.1) is 16.6 Å². The van der Waals surface area contributed by atoms with Crippen molar-refractivity contribution in [2.75, 3.05) is 0 Å². The van der Waals surface area contributed by atoms with E-state index >= 15 is 0 Å². The molecule has 0 bridgehead atoms. The number of benzene rings is 4. The van der Waals surface area contributed by atoms with Crippen molar-refractivity contribution in [3.8, 4) is 16.8 Å². The second kappa shape index (κ2) is 6.49. The number of hydrogen-bond donors (Lipinski definition) is 0. The Balaban J connectivity index is 1.68. The maximum absolute atomic E-state index is 4.90. The molecule has 2 aromatic heterocycles. The van der Waals surface area contributed by atoms with Crippen LogP contribution in [0.5, 0.6) is 0 Å². The lowest BCUT2D eigenvalue weighted by Crippen LogP contribution is -2.33. The van der Waals surface area contributed by atoms with Gasteiger partial charge in [0.25, 0.3) is 0 Å². The van der Waals surface area contributed by atoms with Crippen molar-refractivity contribution in [2.24, 2.45) is 0 Å². The monoisotopic (exact) mass is 448 g/mol. The van der Waals surface area contributed by atoms with E-state index < -0.39 is 0 Å². The average Bonchev–Trinajstić information content (AvgIpc) is 3.39. The predicted molar refractivity (Wildman–Crippen MR) is 144 cm³/mol. The van der Waals surface area contributed by atoms with Gasteiger partial charge in [0.2, 0.25) is 0 Å². The summed E-state index contributed by atoms with van der Waals surface area (Å²) in [6.45, 7) is 4.55. The zero-order valence-electron chi connectivity index (χ0n) is 19.8. The second-order valence-electron chi connectivity index (χ2n) is 10.2. The standard InChI is InChI=1S/C33H24N2/c1-20(2)21-16-17-28-30(19-21)35-31-24(25-12-8-18-34-32(25)35)11-7-15-29(31)33(28)26-13-5-3-9-22(26)23-10-4-6-14-27(23)33/h3-20H,1-2H3. The quantitative estimate of drug-likeness (QED) is 0.249. The number of para-hydroxylation sites is 1. The van der Waals surface area contributed by atoms with E-state index in [1.807, 2.05) is 6.20 Å². The summed E-state index contributed by atoms with van der Waals surface area (Å²) in [5.41, 5.74) is 12.6. The first-order valence-electron chi connectivity index (χ1n) is 12.4. The molecule has 0 saturated heterocycles. The van der Waals surface area contributed by atoms with E-state index in [1.165, 1.54) is 60.9 Å². The lowest BCUT2D eigenvalue weighted by molar-refractivity contribution is 0.743. The van der Waals surface area contributed by atoms with Gasteiger partial charge in [-0.1, -0.05) is 92.7 Å². The topological polar surface area (TPSA) is 17.8 Å². The number of aromatic nitrogens is 2. The molecule has 35 heavy (non-hydrogen) atoms. The Labute approximate surface area is 204 Å². The highest BCUT2D eigenvalue weighted by Gasteiger charge is 2.50. The molecule has 1 aliphatic heterocycles. The number of rotatable bonds is 1. The van der Waals surface area contributed by atoms with Crippen molar-refractivity contribution in [1.82, 2.24) is 9.55 Å². The lowest BCUT2D eigenvalue weighted by atomic mass is 9.65. The van der Waals surface area contributed by atoms with Crippen molar-refractivity contribution in [3.05, 3.63) is 131 Å². The van der Waals surface area contributed by atoms with Gasteiger partial charge in [0.15, 0.2) is 0 Å². The molecule has 2 nitrogen and oxygen atoms in total. The molecule has 0 atom stereocenters. The lowest BCUT2D eigenvalue weighted by Gasteiger charge is -2.39. The first kappa shape index (κ1) is 19.2. The van der Waals surface area contributed by atoms with Crippen LogP contribution in [0.3, 0.4) is 0 Å². The molecule has 4 aromatic carbocycles. The van der Waals surface area contributed by atoms with Gasteiger partial charge in [0, 0.05) is 17.0 Å². The number of pyridine rings is 1. The molecule has 166 valence electrons. The van der Waals surface area contributed by atoms with Gasteiger partial charge in [-0.3, -0.25) is 4.57 Å². The zero-order chi connectivity index (χ0) is 23.3. The van der Waals surface area contributed by atoms with Crippen LogP contribution in [0.1, 0.15) is 47.6 Å². The molecule has 1 aliphatic carbocycles. The normalized spacial score (nSPS) is 14.5. The molecule has 6 aromatic rings. The van der Waals surface area contributed by atoms with E-state index in [-0.39, 0.29) is 5.41 Å². The van der Waals surface area contributed by atoms with Gasteiger partial charge in [-0.2, -0.15) is 0 Å². The van der Waals surface area contributed by atoms with Gasteiger partial charge in [-0.25, -0.2) is 4.98 Å². The third-order valence-electron chi connectivity index (χ3n) is 8.24. The molecular formula is C33H24N2. The van der Waals surface area contributed by atoms with Crippen LogP contribution in [-0.2, 0) is 5.41 Å². The maximum atomic E-state index is 4.90. The Morgan fingerprint density at radius 1 is 0.657 bits per heavy atom. The molecule has 0 fully saturated rings. The summed E-state index contributed by atoms with van der Waals surface area (Å²) in [6, 6.07) is 36.2. The summed E-state index contributed by atoms with van der Waals surface area (Å²) in [5, 5.41) is 2.48. The molecule has 0 N–H and O–H groups in total. The van der Waals surface area contributed by atoms with E-state index in [2.05, 4.69) is 115 Å². The van der Waals surface area contributed by atoms with Crippen molar-refractivity contribution in [1.29, 1.82) is 0 Å². The summed E-state index contributed by atoms with van der Waals surface area (Å²) < 4.78 is 2.43. The predicted octanol–water partition coefficient (Wildman–Crippen LogP) is 7.98. The van der Waals surface area contributed by atoms with E-state index in [1.54, 1.807) is 0 Å². The van der Waals surface area contributed by atoms with Crippen LogP contribution in [0.15, 0.2) is 103 Å². The fourth-order valence-electron chi connectivity index (χ4n) is 6.80. The van der Waals surface area contributed by atoms with Gasteiger partial charge >= 0.3 is 0 Å². The van der Waals surface area contributed by atoms with E-state index in [9.17, 15) is 0 Å². The highest BCUT2D eigenvalue weighted by molar-refractivity contribution is 6.11. The van der Waals surface area contributed by atoms with Crippen LogP contribution in [0, 0.1) is 0 Å². The van der Waals surface area contributed by atoms with Crippen LogP contribution < -0.4 is 0 Å². The Morgan fingerprint density at radius 2 is 1.34 bits per heavy atom. The highest BCUT2D eigenvalue weighted by atomic mass is 15.1. The number of hydrogen-bond acceptors (Lipinski definition) is 1. The Hall–Kier alpha value is -4.17. The van der Waals surface area contributed by atoms with E-state index in [0.717, 1.165) is 5.65 Å². The average molecular weight is 449 g/mol. The number of nitrogens with zero attached hydrogens (tertiary/aromatic N) is 2. The SMILES string of the molecule is CC(C)c1ccc2c(c1)-n1c3ncccc3c3cccc(c31)C21c2ccccc2-c2ccccc21. The molecule has 0 amide bonds. The van der Waals surface area contributed by atoms with Crippen LogP contribution in [-0.4, -0.2) is 9.55 Å². The second-order valence-corrected chi connectivity index (χ2v) is 10.2. The third kappa shape index (κ3) is 2.14. The van der Waals surface area contributed by atoms with Gasteiger partial charge in [0.1, 0.15) is 5.65 Å². The first-order valence-corrected chi connectivity index (χ1v) is 12.4. The van der Waals surface area contributed by atoms with Gasteiger partial charge in [-0.05, 0) is 63.1 Å². The summed E-state index contributed by atoms with van der Waals surface area (Å²) in [4.78, 5) is 4.90. The molecule has 1 spiro atoms. The van der Waals surface area contributed by atoms with Gasteiger partial charge in [-0.15, -0.1) is 0 Å². The molecule has 0 saturated carbocycles. The molecule has 2 heteroatoms. The third-order valence-corrected chi connectivity index (χ3v) is 8.24. The summed E-state index contributed by atoms with van der Waals surface area (Å²) in [6.07, 6.45) is 1.92. The Morgan fingerprint density at radius 3 is 2.09 bits per heavy atom. The molecular weight excluding hydrogens is 424 g/mol. The minimum Gasteiger partial charge on any atom is -0.293 e. The summed E-state index contributed by atoms with van der Waals surface area (Å²) in [5.74, 6) is 0.446.